The highest BCUT2D eigenvalue weighted by Gasteiger charge is 2.27. The van der Waals surface area contributed by atoms with E-state index in [4.69, 9.17) is 4.98 Å². The lowest BCUT2D eigenvalue weighted by Crippen LogP contribution is -2.40. The minimum Gasteiger partial charge on any atom is -0.393 e. The molecular formula is C27H39FN6O. The van der Waals surface area contributed by atoms with E-state index in [-0.39, 0.29) is 11.9 Å². The summed E-state index contributed by atoms with van der Waals surface area (Å²) < 4.78 is 13.3. The molecule has 0 atom stereocenters. The van der Waals surface area contributed by atoms with Crippen molar-refractivity contribution < 1.29 is 9.50 Å². The summed E-state index contributed by atoms with van der Waals surface area (Å²) in [4.78, 5) is 12.2. The smallest absolute Gasteiger partial charge is 0.229 e. The lowest BCUT2D eigenvalue weighted by Gasteiger charge is -2.36. The summed E-state index contributed by atoms with van der Waals surface area (Å²) in [6, 6.07) is 6.56. The van der Waals surface area contributed by atoms with Gasteiger partial charge >= 0.3 is 0 Å². The van der Waals surface area contributed by atoms with E-state index in [1.807, 2.05) is 6.20 Å². The van der Waals surface area contributed by atoms with Gasteiger partial charge in [0.2, 0.25) is 5.95 Å². The number of halogens is 1. The number of hydrogen-bond acceptors (Lipinski definition) is 7. The summed E-state index contributed by atoms with van der Waals surface area (Å²) in [7, 11) is 0. The van der Waals surface area contributed by atoms with Gasteiger partial charge in [-0.3, -0.25) is 0 Å². The fourth-order valence-electron chi connectivity index (χ4n) is 5.80. The van der Waals surface area contributed by atoms with Gasteiger partial charge in [0.1, 0.15) is 11.6 Å². The Balaban J connectivity index is 1.27. The number of aliphatic hydroxyl groups excluding tert-OH is 1. The van der Waals surface area contributed by atoms with Crippen molar-refractivity contribution in [1.29, 1.82) is 0 Å². The quantitative estimate of drug-likeness (QED) is 0.469. The number of aliphatic hydroxyl groups is 1. The first kappa shape index (κ1) is 24.4. The van der Waals surface area contributed by atoms with Crippen LogP contribution >= 0.6 is 0 Å². The molecule has 2 aromatic rings. The summed E-state index contributed by atoms with van der Waals surface area (Å²) >= 11 is 0. The van der Waals surface area contributed by atoms with Crippen molar-refractivity contribution in [3.05, 3.63) is 41.8 Å². The van der Waals surface area contributed by atoms with Crippen LogP contribution in [0.5, 0.6) is 0 Å². The van der Waals surface area contributed by atoms with Crippen molar-refractivity contribution >= 4 is 17.5 Å². The third-order valence-electron chi connectivity index (χ3n) is 7.96. The fourth-order valence-corrected chi connectivity index (χ4v) is 5.80. The van der Waals surface area contributed by atoms with E-state index in [1.54, 1.807) is 12.1 Å². The van der Waals surface area contributed by atoms with Crippen molar-refractivity contribution in [3.63, 3.8) is 0 Å². The van der Waals surface area contributed by atoms with Gasteiger partial charge in [0, 0.05) is 30.0 Å². The third-order valence-corrected chi connectivity index (χ3v) is 7.96. The topological polar surface area (TPSA) is 85.3 Å². The lowest BCUT2D eigenvalue weighted by atomic mass is 9.88. The molecule has 190 valence electrons. The van der Waals surface area contributed by atoms with Gasteiger partial charge in [-0.2, -0.15) is 4.98 Å². The standard InChI is InChI=1S/C27H39FN6O/c28-21-1-3-23(4-2-21)32-27-30-17-25(26(33-27)31-22-5-7-24(35)8-6-22)20-11-15-34(16-12-20)18-19-9-13-29-14-10-19/h1-4,17,19-20,22,24,29,35H,5-16,18H2,(H2,30,31,32,33). The highest BCUT2D eigenvalue weighted by Crippen LogP contribution is 2.34. The predicted octanol–water partition coefficient (Wildman–Crippen LogP) is 4.25. The molecule has 4 N–H and O–H groups in total. The molecule has 5 rings (SSSR count). The number of benzene rings is 1. The van der Waals surface area contributed by atoms with Crippen LogP contribution in [0.3, 0.4) is 0 Å². The Labute approximate surface area is 207 Å². The first-order valence-corrected chi connectivity index (χ1v) is 13.4. The summed E-state index contributed by atoms with van der Waals surface area (Å²) in [5.41, 5.74) is 1.96. The van der Waals surface area contributed by atoms with Gasteiger partial charge in [-0.05, 0) is 114 Å². The molecular weight excluding hydrogens is 443 g/mol. The molecule has 1 aromatic heterocycles. The zero-order valence-corrected chi connectivity index (χ0v) is 20.6. The fraction of sp³-hybridized carbons (Fsp3) is 0.630. The molecule has 1 aliphatic carbocycles. The number of anilines is 3. The number of rotatable bonds is 7. The average Bonchev–Trinajstić information content (AvgIpc) is 2.88. The molecule has 1 saturated carbocycles. The molecule has 1 aromatic carbocycles. The second kappa shape index (κ2) is 11.6. The number of hydrogen-bond donors (Lipinski definition) is 4. The SMILES string of the molecule is OC1CCC(Nc2nc(Nc3ccc(F)cc3)ncc2C2CCN(CC3CCNCC3)CC2)CC1. The third kappa shape index (κ3) is 6.68. The minimum atomic E-state index is -0.264. The van der Waals surface area contributed by atoms with Crippen LogP contribution in [-0.2, 0) is 0 Å². The summed E-state index contributed by atoms with van der Waals surface area (Å²) in [6.07, 6.45) is 10.2. The van der Waals surface area contributed by atoms with Gasteiger partial charge in [0.25, 0.3) is 0 Å². The van der Waals surface area contributed by atoms with Crippen molar-refractivity contribution in [2.75, 3.05) is 43.4 Å². The van der Waals surface area contributed by atoms with Crippen LogP contribution in [0.1, 0.15) is 62.8 Å². The molecule has 0 amide bonds. The second-order valence-electron chi connectivity index (χ2n) is 10.5. The van der Waals surface area contributed by atoms with Crippen LogP contribution in [0.4, 0.5) is 21.8 Å². The number of aromatic nitrogens is 2. The second-order valence-corrected chi connectivity index (χ2v) is 10.5. The van der Waals surface area contributed by atoms with Crippen molar-refractivity contribution in [2.24, 2.45) is 5.92 Å². The molecule has 3 heterocycles. The van der Waals surface area contributed by atoms with E-state index in [0.717, 1.165) is 82.1 Å². The summed E-state index contributed by atoms with van der Waals surface area (Å²) in [5.74, 6) is 2.42. The Morgan fingerprint density at radius 3 is 2.40 bits per heavy atom. The number of piperidine rings is 2. The minimum absolute atomic E-state index is 0.183. The molecule has 3 aliphatic rings. The monoisotopic (exact) mass is 482 g/mol. The first-order valence-electron chi connectivity index (χ1n) is 13.4. The Kier molecular flexibility index (Phi) is 8.11. The van der Waals surface area contributed by atoms with Crippen molar-refractivity contribution in [1.82, 2.24) is 20.2 Å². The molecule has 0 unspecified atom stereocenters. The maximum atomic E-state index is 13.3. The van der Waals surface area contributed by atoms with Gasteiger partial charge in [-0.25, -0.2) is 9.37 Å². The first-order chi connectivity index (χ1) is 17.1. The molecule has 0 spiro atoms. The van der Waals surface area contributed by atoms with Gasteiger partial charge in [-0.15, -0.1) is 0 Å². The van der Waals surface area contributed by atoms with E-state index in [2.05, 4.69) is 25.8 Å². The zero-order valence-electron chi connectivity index (χ0n) is 20.6. The number of likely N-dealkylation sites (tertiary alicyclic amines) is 1. The molecule has 2 aliphatic heterocycles. The average molecular weight is 483 g/mol. The molecule has 35 heavy (non-hydrogen) atoms. The highest BCUT2D eigenvalue weighted by atomic mass is 19.1. The van der Waals surface area contributed by atoms with Crippen molar-refractivity contribution in [3.8, 4) is 0 Å². The Morgan fingerprint density at radius 2 is 1.69 bits per heavy atom. The maximum absolute atomic E-state index is 13.3. The van der Waals surface area contributed by atoms with Crippen LogP contribution in [0.25, 0.3) is 0 Å². The summed E-state index contributed by atoms with van der Waals surface area (Å²) in [5, 5.41) is 20.3. The zero-order chi connectivity index (χ0) is 24.0. The number of nitrogens with zero attached hydrogens (tertiary/aromatic N) is 3. The summed E-state index contributed by atoms with van der Waals surface area (Å²) in [6.45, 7) is 5.79. The van der Waals surface area contributed by atoms with Crippen LogP contribution in [-0.4, -0.2) is 64.8 Å². The highest BCUT2D eigenvalue weighted by molar-refractivity contribution is 5.57. The van der Waals surface area contributed by atoms with Crippen LogP contribution in [0.15, 0.2) is 30.5 Å². The van der Waals surface area contributed by atoms with E-state index in [1.165, 1.54) is 37.1 Å². The van der Waals surface area contributed by atoms with Crippen molar-refractivity contribution in [2.45, 2.75) is 69.4 Å². The normalized spacial score (nSPS) is 24.9. The molecule has 0 radical (unpaired) electrons. The molecule has 0 bridgehead atoms. The van der Waals surface area contributed by atoms with E-state index in [0.29, 0.717) is 17.9 Å². The molecule has 8 heteroatoms. The van der Waals surface area contributed by atoms with Crippen LogP contribution in [0, 0.1) is 11.7 Å². The van der Waals surface area contributed by atoms with Gasteiger partial charge < -0.3 is 26.0 Å². The van der Waals surface area contributed by atoms with Gasteiger partial charge in [0.05, 0.1) is 6.10 Å². The maximum Gasteiger partial charge on any atom is 0.229 e. The molecule has 7 nitrogen and oxygen atoms in total. The van der Waals surface area contributed by atoms with E-state index in [9.17, 15) is 9.50 Å². The van der Waals surface area contributed by atoms with E-state index >= 15 is 0 Å². The van der Waals surface area contributed by atoms with Crippen LogP contribution in [0.2, 0.25) is 0 Å². The number of nitrogens with one attached hydrogen (secondary N) is 3. The van der Waals surface area contributed by atoms with E-state index < -0.39 is 0 Å². The molecule has 3 fully saturated rings. The largest absolute Gasteiger partial charge is 0.393 e. The predicted molar refractivity (Wildman–Crippen MR) is 138 cm³/mol. The Morgan fingerprint density at radius 1 is 0.971 bits per heavy atom. The molecule has 2 saturated heterocycles. The lowest BCUT2D eigenvalue weighted by molar-refractivity contribution is 0.126. The van der Waals surface area contributed by atoms with Gasteiger partial charge in [0.15, 0.2) is 0 Å². The Hall–Kier alpha value is -2.29. The van der Waals surface area contributed by atoms with Gasteiger partial charge in [-0.1, -0.05) is 0 Å². The Bertz CT molecular complexity index is 935. The van der Waals surface area contributed by atoms with Crippen LogP contribution < -0.4 is 16.0 Å².